The monoisotopic (exact) mass is 279 g/mol. The molecular weight excluding hydrogens is 257 g/mol. The van der Waals surface area contributed by atoms with Crippen LogP contribution in [0.2, 0.25) is 0 Å². The van der Waals surface area contributed by atoms with E-state index in [-0.39, 0.29) is 16.8 Å². The minimum Gasteiger partial charge on any atom is -0.399 e. The molecule has 1 aromatic rings. The van der Waals surface area contributed by atoms with Crippen LogP contribution in [0.1, 0.15) is 27.7 Å². The van der Waals surface area contributed by atoms with Crippen molar-refractivity contribution in [2.75, 3.05) is 13.7 Å². The zero-order valence-corrected chi connectivity index (χ0v) is 12.8. The van der Waals surface area contributed by atoms with E-state index in [2.05, 4.69) is 0 Å². The predicted octanol–water partition coefficient (Wildman–Crippen LogP) is 0.794. The van der Waals surface area contributed by atoms with Crippen molar-refractivity contribution in [2.45, 2.75) is 45.4 Å². The van der Waals surface area contributed by atoms with Gasteiger partial charge in [0.1, 0.15) is 0 Å². The van der Waals surface area contributed by atoms with Crippen LogP contribution in [0, 0.1) is 0 Å². The largest absolute Gasteiger partial charge is 0.496 e. The normalized spacial score (nSPS) is 20.4. The second-order valence-corrected chi connectivity index (χ2v) is 6.08. The number of pyridine rings is 1. The Labute approximate surface area is 120 Å². The molecule has 0 spiro atoms. The maximum Gasteiger partial charge on any atom is 0.496 e. The van der Waals surface area contributed by atoms with Crippen molar-refractivity contribution in [3.8, 4) is 0 Å². The Bertz CT molecular complexity index is 522. The van der Waals surface area contributed by atoms with Gasteiger partial charge in [-0.25, -0.2) is 0 Å². The van der Waals surface area contributed by atoms with Crippen LogP contribution < -0.4 is 11.0 Å². The number of hydrogen-bond donors (Lipinski definition) is 0. The Balaban J connectivity index is 2.25. The van der Waals surface area contributed by atoms with E-state index < -0.39 is 7.12 Å². The van der Waals surface area contributed by atoms with Gasteiger partial charge in [-0.2, -0.15) is 0 Å². The standard InChI is InChI=1S/C14H22BNO4/c1-13(2)14(3,4)20-15(19-13)11-6-7-12(17)16(10-11)8-9-18-5/h6-7,10H,8-9H2,1-5H3. The number of hydrogen-bond acceptors (Lipinski definition) is 4. The summed E-state index contributed by atoms with van der Waals surface area (Å²) < 4.78 is 18.6. The highest BCUT2D eigenvalue weighted by molar-refractivity contribution is 6.62. The van der Waals surface area contributed by atoms with E-state index in [0.717, 1.165) is 5.46 Å². The first-order valence-corrected chi connectivity index (χ1v) is 6.82. The molecule has 5 nitrogen and oxygen atoms in total. The summed E-state index contributed by atoms with van der Waals surface area (Å²) in [6, 6.07) is 3.30. The Morgan fingerprint density at radius 2 is 1.80 bits per heavy atom. The van der Waals surface area contributed by atoms with Crippen molar-refractivity contribution in [3.63, 3.8) is 0 Å². The molecule has 0 bridgehead atoms. The Morgan fingerprint density at radius 1 is 1.20 bits per heavy atom. The van der Waals surface area contributed by atoms with Gasteiger partial charge in [0, 0.05) is 25.9 Å². The van der Waals surface area contributed by atoms with Crippen LogP contribution in [0.25, 0.3) is 0 Å². The zero-order valence-electron chi connectivity index (χ0n) is 12.8. The molecule has 0 radical (unpaired) electrons. The molecule has 0 N–H and O–H groups in total. The van der Waals surface area contributed by atoms with Crippen LogP contribution in [0.4, 0.5) is 0 Å². The lowest BCUT2D eigenvalue weighted by Gasteiger charge is -2.32. The van der Waals surface area contributed by atoms with E-state index >= 15 is 0 Å². The number of rotatable bonds is 4. The van der Waals surface area contributed by atoms with Crippen molar-refractivity contribution < 1.29 is 14.0 Å². The van der Waals surface area contributed by atoms with Gasteiger partial charge in [0.25, 0.3) is 5.56 Å². The summed E-state index contributed by atoms with van der Waals surface area (Å²) in [7, 11) is 1.16. The third-order valence-corrected chi connectivity index (χ3v) is 4.07. The molecule has 20 heavy (non-hydrogen) atoms. The zero-order chi connectivity index (χ0) is 15.0. The minimum absolute atomic E-state index is 0.0534. The topological polar surface area (TPSA) is 49.7 Å². The second-order valence-electron chi connectivity index (χ2n) is 6.08. The van der Waals surface area contributed by atoms with Crippen molar-refractivity contribution in [3.05, 3.63) is 28.7 Å². The Hall–Kier alpha value is -1.11. The molecular formula is C14H22BNO4. The third-order valence-electron chi connectivity index (χ3n) is 4.07. The fraction of sp³-hybridized carbons (Fsp3) is 0.643. The summed E-state index contributed by atoms with van der Waals surface area (Å²) in [4.78, 5) is 11.8. The highest BCUT2D eigenvalue weighted by Gasteiger charge is 2.51. The van der Waals surface area contributed by atoms with Gasteiger partial charge >= 0.3 is 7.12 Å². The molecule has 0 atom stereocenters. The van der Waals surface area contributed by atoms with Gasteiger partial charge in [0.15, 0.2) is 0 Å². The number of methoxy groups -OCH3 is 1. The summed E-state index contributed by atoms with van der Waals surface area (Å²) in [5.74, 6) is 0. The summed E-state index contributed by atoms with van der Waals surface area (Å²) >= 11 is 0. The molecule has 0 saturated carbocycles. The summed E-state index contributed by atoms with van der Waals surface area (Å²) in [5.41, 5.74) is 0.0257. The van der Waals surface area contributed by atoms with Gasteiger partial charge in [-0.15, -0.1) is 0 Å². The average molecular weight is 279 g/mol. The van der Waals surface area contributed by atoms with E-state index in [1.54, 1.807) is 23.9 Å². The van der Waals surface area contributed by atoms with E-state index in [1.165, 1.54) is 6.07 Å². The van der Waals surface area contributed by atoms with Gasteiger partial charge in [-0.3, -0.25) is 4.79 Å². The summed E-state index contributed by atoms with van der Waals surface area (Å²) in [6.45, 7) is 9.04. The molecule has 1 aliphatic rings. The molecule has 1 aromatic heterocycles. The average Bonchev–Trinajstić information content (AvgIpc) is 2.57. The molecule has 1 fully saturated rings. The van der Waals surface area contributed by atoms with Crippen LogP contribution in [0.5, 0.6) is 0 Å². The van der Waals surface area contributed by atoms with E-state index in [0.29, 0.717) is 13.2 Å². The van der Waals surface area contributed by atoms with Crippen molar-refractivity contribution in [1.29, 1.82) is 0 Å². The van der Waals surface area contributed by atoms with Crippen molar-refractivity contribution >= 4 is 12.6 Å². The highest BCUT2D eigenvalue weighted by atomic mass is 16.7. The van der Waals surface area contributed by atoms with Gasteiger partial charge in [-0.1, -0.05) is 6.07 Å². The maximum atomic E-state index is 11.8. The summed E-state index contributed by atoms with van der Waals surface area (Å²) in [6.07, 6.45) is 1.78. The second kappa shape index (κ2) is 5.35. The van der Waals surface area contributed by atoms with Gasteiger partial charge < -0.3 is 18.6 Å². The molecule has 0 unspecified atom stereocenters. The van der Waals surface area contributed by atoms with Crippen LogP contribution in [-0.2, 0) is 20.6 Å². The first-order valence-electron chi connectivity index (χ1n) is 6.82. The van der Waals surface area contributed by atoms with Gasteiger partial charge in [0.05, 0.1) is 17.8 Å². The van der Waals surface area contributed by atoms with E-state index in [4.69, 9.17) is 14.0 Å². The molecule has 2 rings (SSSR count). The quantitative estimate of drug-likeness (QED) is 0.765. The predicted molar refractivity (Wildman–Crippen MR) is 78.3 cm³/mol. The third kappa shape index (κ3) is 2.82. The van der Waals surface area contributed by atoms with Crippen LogP contribution in [-0.4, -0.2) is 36.6 Å². The molecule has 0 aromatic carbocycles. The Kier molecular flexibility index (Phi) is 4.09. The molecule has 6 heteroatoms. The summed E-state index contributed by atoms with van der Waals surface area (Å²) in [5, 5.41) is 0. The molecule has 2 heterocycles. The first kappa shape index (κ1) is 15.3. The van der Waals surface area contributed by atoms with E-state index in [1.807, 2.05) is 27.7 Å². The van der Waals surface area contributed by atoms with Crippen molar-refractivity contribution in [1.82, 2.24) is 4.57 Å². The molecule has 1 aliphatic heterocycles. The number of nitrogens with zero attached hydrogens (tertiary/aromatic N) is 1. The smallest absolute Gasteiger partial charge is 0.399 e. The fourth-order valence-corrected chi connectivity index (χ4v) is 2.03. The molecule has 0 amide bonds. The number of aromatic nitrogens is 1. The van der Waals surface area contributed by atoms with Gasteiger partial charge in [-0.05, 0) is 33.2 Å². The van der Waals surface area contributed by atoms with Crippen LogP contribution in [0.15, 0.2) is 23.1 Å². The maximum absolute atomic E-state index is 11.8. The molecule has 110 valence electrons. The lowest BCUT2D eigenvalue weighted by atomic mass is 9.80. The van der Waals surface area contributed by atoms with Crippen LogP contribution in [0.3, 0.4) is 0 Å². The lowest BCUT2D eigenvalue weighted by Crippen LogP contribution is -2.41. The number of ether oxygens (including phenoxy) is 1. The van der Waals surface area contributed by atoms with Crippen molar-refractivity contribution in [2.24, 2.45) is 0 Å². The minimum atomic E-state index is -0.450. The van der Waals surface area contributed by atoms with Gasteiger partial charge in [0.2, 0.25) is 0 Å². The highest BCUT2D eigenvalue weighted by Crippen LogP contribution is 2.36. The molecule has 1 saturated heterocycles. The Morgan fingerprint density at radius 3 is 2.35 bits per heavy atom. The first-order chi connectivity index (χ1) is 9.27. The fourth-order valence-electron chi connectivity index (χ4n) is 2.03. The molecule has 0 aliphatic carbocycles. The van der Waals surface area contributed by atoms with Crippen LogP contribution >= 0.6 is 0 Å². The van der Waals surface area contributed by atoms with E-state index in [9.17, 15) is 4.79 Å². The lowest BCUT2D eigenvalue weighted by molar-refractivity contribution is 0.00578. The SMILES string of the molecule is COCCn1cc(B2OC(C)(C)C(C)(C)O2)ccc1=O.